The van der Waals surface area contributed by atoms with Gasteiger partial charge in [-0.25, -0.2) is 23.1 Å². The van der Waals surface area contributed by atoms with Crippen LogP contribution in [-0.4, -0.2) is 37.8 Å². The third-order valence-corrected chi connectivity index (χ3v) is 7.44. The Morgan fingerprint density at radius 2 is 1.83 bits per heavy atom. The van der Waals surface area contributed by atoms with Crippen LogP contribution in [0, 0.1) is 0 Å². The van der Waals surface area contributed by atoms with Crippen molar-refractivity contribution in [1.29, 1.82) is 0 Å². The van der Waals surface area contributed by atoms with E-state index in [1.54, 1.807) is 17.5 Å². The Morgan fingerprint density at radius 3 is 2.50 bits per heavy atom. The molecule has 1 aromatic heterocycles. The van der Waals surface area contributed by atoms with Gasteiger partial charge in [-0.05, 0) is 42.8 Å². The molecule has 3 aromatic rings. The van der Waals surface area contributed by atoms with E-state index in [0.717, 1.165) is 16.2 Å². The number of ether oxygens (including phenoxy) is 1. The monoisotopic (exact) mass is 546 g/mol. The molecule has 0 spiro atoms. The maximum Gasteiger partial charge on any atom is 0.340 e. The quantitative estimate of drug-likeness (QED) is 0.304. The lowest BCUT2D eigenvalue weighted by Gasteiger charge is -2.18. The number of hydrogen-bond acceptors (Lipinski definition) is 9. The highest BCUT2D eigenvalue weighted by molar-refractivity contribution is 7.93. The number of esters is 1. The van der Waals surface area contributed by atoms with Crippen molar-refractivity contribution in [2.24, 2.45) is 0 Å². The first-order chi connectivity index (χ1) is 17.2. The van der Waals surface area contributed by atoms with Crippen LogP contribution in [0.4, 0.5) is 16.5 Å². The summed E-state index contributed by atoms with van der Waals surface area (Å²) in [5.41, 5.74) is 0.184. The molecule has 2 amide bonds. The molecule has 0 saturated heterocycles. The minimum atomic E-state index is -3.86. The van der Waals surface area contributed by atoms with E-state index in [1.807, 2.05) is 6.92 Å². The van der Waals surface area contributed by atoms with Crippen molar-refractivity contribution in [3.8, 4) is 0 Å². The number of thiazole rings is 1. The van der Waals surface area contributed by atoms with Gasteiger partial charge in [0.25, 0.3) is 21.8 Å². The summed E-state index contributed by atoms with van der Waals surface area (Å²) in [6, 6.07) is 11.5. The Balaban J connectivity index is 1.54. The Hall–Kier alpha value is -3.74. The number of carbonyl (C=O) groups excluding carboxylic acids is 3. The predicted octanol–water partition coefficient (Wildman–Crippen LogP) is 3.95. The van der Waals surface area contributed by atoms with Gasteiger partial charge in [-0.1, -0.05) is 30.7 Å². The lowest BCUT2D eigenvalue weighted by Crippen LogP contribution is -2.33. The van der Waals surface area contributed by atoms with Crippen LogP contribution in [0.3, 0.4) is 0 Å². The minimum Gasteiger partial charge on any atom is -0.462 e. The normalized spacial score (nSPS) is 13.8. The van der Waals surface area contributed by atoms with Gasteiger partial charge in [0.2, 0.25) is 0 Å². The Labute approximate surface area is 215 Å². The van der Waals surface area contributed by atoms with Gasteiger partial charge in [0.05, 0.1) is 22.8 Å². The molecule has 0 saturated carbocycles. The summed E-state index contributed by atoms with van der Waals surface area (Å²) in [6.07, 6.45) is 2.08. The number of halogens is 1. The fourth-order valence-corrected chi connectivity index (χ4v) is 5.25. The number of hydrogen-bond donors (Lipinski definition) is 2. The van der Waals surface area contributed by atoms with Crippen LogP contribution >= 0.6 is 22.9 Å². The Kier molecular flexibility index (Phi) is 7.38. The number of anilines is 3. The summed E-state index contributed by atoms with van der Waals surface area (Å²) in [7, 11) is -3.86. The van der Waals surface area contributed by atoms with E-state index in [4.69, 9.17) is 16.3 Å². The van der Waals surface area contributed by atoms with Gasteiger partial charge in [0.15, 0.2) is 5.13 Å². The van der Waals surface area contributed by atoms with Crippen molar-refractivity contribution in [3.63, 3.8) is 0 Å². The molecule has 4 rings (SSSR count). The van der Waals surface area contributed by atoms with Crippen LogP contribution in [0.1, 0.15) is 23.7 Å². The first-order valence-corrected chi connectivity index (χ1v) is 13.3. The fraction of sp³-hybridized carbons (Fsp3) is 0.130. The number of amides is 2. The van der Waals surface area contributed by atoms with E-state index in [2.05, 4.69) is 15.0 Å². The summed E-state index contributed by atoms with van der Waals surface area (Å²) in [4.78, 5) is 43.2. The lowest BCUT2D eigenvalue weighted by molar-refractivity contribution is -0.120. The minimum absolute atomic E-state index is 0.0294. The molecule has 0 atom stereocenters. The second-order valence-electron chi connectivity index (χ2n) is 7.38. The molecule has 0 bridgehead atoms. The summed E-state index contributed by atoms with van der Waals surface area (Å²) in [5.74, 6) is -2.26. The van der Waals surface area contributed by atoms with Crippen molar-refractivity contribution in [1.82, 2.24) is 4.98 Å². The van der Waals surface area contributed by atoms with Crippen LogP contribution in [-0.2, 0) is 24.3 Å². The number of sulfonamides is 1. The zero-order valence-electron chi connectivity index (χ0n) is 18.7. The van der Waals surface area contributed by atoms with Gasteiger partial charge in [0.1, 0.15) is 10.7 Å². The second kappa shape index (κ2) is 10.5. The van der Waals surface area contributed by atoms with Crippen molar-refractivity contribution in [2.45, 2.75) is 18.2 Å². The van der Waals surface area contributed by atoms with E-state index in [9.17, 15) is 22.8 Å². The van der Waals surface area contributed by atoms with Gasteiger partial charge in [-0.3, -0.25) is 14.3 Å². The van der Waals surface area contributed by atoms with E-state index in [0.29, 0.717) is 12.1 Å². The number of nitrogens with zero attached hydrogens (tertiary/aromatic N) is 2. The van der Waals surface area contributed by atoms with Crippen molar-refractivity contribution < 1.29 is 27.5 Å². The summed E-state index contributed by atoms with van der Waals surface area (Å²) >= 11 is 7.33. The van der Waals surface area contributed by atoms with Gasteiger partial charge >= 0.3 is 5.97 Å². The summed E-state index contributed by atoms with van der Waals surface area (Å²) < 4.78 is 32.6. The zero-order chi connectivity index (χ0) is 25.9. The number of benzene rings is 2. The van der Waals surface area contributed by atoms with Crippen LogP contribution in [0.15, 0.2) is 75.7 Å². The smallest absolute Gasteiger partial charge is 0.340 e. The maximum atomic E-state index is 13.2. The average molecular weight is 547 g/mol. The molecule has 0 unspecified atom stereocenters. The highest BCUT2D eigenvalue weighted by Crippen LogP contribution is 2.32. The Morgan fingerprint density at radius 1 is 1.11 bits per heavy atom. The molecular formula is C23H19ClN4O6S2. The van der Waals surface area contributed by atoms with Gasteiger partial charge < -0.3 is 10.1 Å². The number of para-hydroxylation sites is 1. The summed E-state index contributed by atoms with van der Waals surface area (Å²) in [5, 5.41) is 4.26. The molecule has 36 heavy (non-hydrogen) atoms. The number of imide groups is 1. The third-order valence-electron chi connectivity index (χ3n) is 4.92. The number of nitrogens with one attached hydrogen (secondary N) is 2. The van der Waals surface area contributed by atoms with Gasteiger partial charge in [-0.2, -0.15) is 0 Å². The number of rotatable bonds is 9. The number of aromatic nitrogens is 1. The molecule has 13 heteroatoms. The molecule has 2 N–H and O–H groups in total. The first kappa shape index (κ1) is 25.4. The molecule has 186 valence electrons. The van der Waals surface area contributed by atoms with Crippen molar-refractivity contribution in [3.05, 3.63) is 76.4 Å². The average Bonchev–Trinajstić information content (AvgIpc) is 3.44. The number of carbonyl (C=O) groups is 3. The topological polar surface area (TPSA) is 135 Å². The molecule has 0 radical (unpaired) electrons. The standard InChI is InChI=1S/C23H19ClN4O6S2/c1-2-12-34-22(31)16-5-3-4-6-17(16)28-20(29)18(24)19(21(28)30)26-14-7-9-15(10-8-14)36(32,33)27-23-25-11-13-35-23/h3-11,13,26H,2,12H2,1H3,(H,25,27). The predicted molar refractivity (Wildman–Crippen MR) is 135 cm³/mol. The van der Waals surface area contributed by atoms with E-state index >= 15 is 0 Å². The maximum absolute atomic E-state index is 13.2. The van der Waals surface area contributed by atoms with Crippen LogP contribution in [0.2, 0.25) is 0 Å². The zero-order valence-corrected chi connectivity index (χ0v) is 21.1. The highest BCUT2D eigenvalue weighted by atomic mass is 35.5. The molecule has 2 heterocycles. The molecular weight excluding hydrogens is 528 g/mol. The molecule has 0 fully saturated rings. The van der Waals surface area contributed by atoms with Crippen molar-refractivity contribution >= 4 is 67.3 Å². The molecule has 10 nitrogen and oxygen atoms in total. The van der Waals surface area contributed by atoms with E-state index in [1.165, 1.54) is 42.6 Å². The van der Waals surface area contributed by atoms with Crippen LogP contribution in [0.25, 0.3) is 0 Å². The van der Waals surface area contributed by atoms with Crippen LogP contribution in [0.5, 0.6) is 0 Å². The fourth-order valence-electron chi connectivity index (χ4n) is 3.25. The Bertz CT molecular complexity index is 1450. The van der Waals surface area contributed by atoms with Crippen LogP contribution < -0.4 is 14.9 Å². The first-order valence-electron chi connectivity index (χ1n) is 10.6. The largest absolute Gasteiger partial charge is 0.462 e. The second-order valence-corrected chi connectivity index (χ2v) is 10.3. The molecule has 2 aromatic carbocycles. The van der Waals surface area contributed by atoms with Gasteiger partial charge in [0, 0.05) is 17.3 Å². The van der Waals surface area contributed by atoms with Gasteiger partial charge in [-0.15, -0.1) is 11.3 Å². The SMILES string of the molecule is CCCOC(=O)c1ccccc1N1C(=O)C(Cl)=C(Nc2ccc(S(=O)(=O)Nc3nccs3)cc2)C1=O. The highest BCUT2D eigenvalue weighted by Gasteiger charge is 2.40. The third kappa shape index (κ3) is 5.10. The summed E-state index contributed by atoms with van der Waals surface area (Å²) in [6.45, 7) is 2.03. The van der Waals surface area contributed by atoms with Crippen molar-refractivity contribution in [2.75, 3.05) is 21.5 Å². The molecule has 0 aliphatic carbocycles. The van der Waals surface area contributed by atoms with E-state index in [-0.39, 0.29) is 38.6 Å². The lowest BCUT2D eigenvalue weighted by atomic mass is 10.1. The van der Waals surface area contributed by atoms with E-state index < -0.39 is 27.8 Å². The molecule has 1 aliphatic rings. The molecule has 1 aliphatic heterocycles.